The lowest BCUT2D eigenvalue weighted by Crippen LogP contribution is -2.42. The second kappa shape index (κ2) is 10.6. The van der Waals surface area contributed by atoms with Gasteiger partial charge in [-0.1, -0.05) is 90.5 Å². The van der Waals surface area contributed by atoms with Gasteiger partial charge in [0.05, 0.1) is 16.6 Å². The van der Waals surface area contributed by atoms with Crippen molar-refractivity contribution in [2.75, 3.05) is 10.8 Å². The van der Waals surface area contributed by atoms with E-state index in [0.717, 1.165) is 22.3 Å². The number of amides is 1. The van der Waals surface area contributed by atoms with Crippen LogP contribution in [0.2, 0.25) is 0 Å². The molecule has 0 aliphatic rings. The van der Waals surface area contributed by atoms with Gasteiger partial charge in [-0.3, -0.25) is 9.10 Å². The van der Waals surface area contributed by atoms with Crippen LogP contribution in [0.15, 0.2) is 114 Å². The summed E-state index contributed by atoms with van der Waals surface area (Å²) in [6, 6.07) is 32.5. The zero-order valence-electron chi connectivity index (χ0n) is 19.8. The van der Waals surface area contributed by atoms with Crippen molar-refractivity contribution < 1.29 is 13.2 Å². The van der Waals surface area contributed by atoms with E-state index >= 15 is 0 Å². The number of benzene rings is 4. The van der Waals surface area contributed by atoms with E-state index in [1.54, 1.807) is 36.4 Å². The van der Waals surface area contributed by atoms with Gasteiger partial charge in [-0.25, -0.2) is 8.42 Å². The minimum atomic E-state index is -3.96. The van der Waals surface area contributed by atoms with Crippen molar-refractivity contribution in [3.8, 4) is 0 Å². The maximum Gasteiger partial charge on any atom is 0.264 e. The van der Waals surface area contributed by atoms with Gasteiger partial charge < -0.3 is 5.32 Å². The zero-order valence-corrected chi connectivity index (χ0v) is 20.6. The molecule has 0 aliphatic carbocycles. The van der Waals surface area contributed by atoms with Gasteiger partial charge in [0.2, 0.25) is 5.91 Å². The summed E-state index contributed by atoms with van der Waals surface area (Å²) < 4.78 is 28.3. The molecule has 1 N–H and O–H groups in total. The Morgan fingerprint density at radius 2 is 1.34 bits per heavy atom. The number of carbonyl (C=O) groups excluding carboxylic acids is 1. The molecule has 4 rings (SSSR count). The number of nitrogens with one attached hydrogen (secondary N) is 1. The van der Waals surface area contributed by atoms with E-state index < -0.39 is 22.0 Å². The molecule has 4 aromatic carbocycles. The summed E-state index contributed by atoms with van der Waals surface area (Å²) >= 11 is 0. The van der Waals surface area contributed by atoms with Gasteiger partial charge >= 0.3 is 0 Å². The number of nitrogens with zero attached hydrogens (tertiary/aromatic N) is 1. The maximum absolute atomic E-state index is 13.6. The van der Waals surface area contributed by atoms with Gasteiger partial charge in [0.1, 0.15) is 6.54 Å². The fraction of sp³-hybridized carbons (Fsp3) is 0.138. The predicted octanol–water partition coefficient (Wildman–Crippen LogP) is 5.40. The molecule has 0 fully saturated rings. The molecule has 0 bridgehead atoms. The summed E-state index contributed by atoms with van der Waals surface area (Å²) in [6.07, 6.45) is 0. The fourth-order valence-electron chi connectivity index (χ4n) is 3.92. The number of rotatable bonds is 8. The monoisotopic (exact) mass is 484 g/mol. The van der Waals surface area contributed by atoms with Crippen LogP contribution in [0.4, 0.5) is 5.69 Å². The summed E-state index contributed by atoms with van der Waals surface area (Å²) in [4.78, 5) is 13.5. The van der Waals surface area contributed by atoms with E-state index in [0.29, 0.717) is 5.69 Å². The van der Waals surface area contributed by atoms with Crippen LogP contribution in [-0.4, -0.2) is 20.9 Å². The fourth-order valence-corrected chi connectivity index (χ4v) is 5.35. The Kier molecular flexibility index (Phi) is 7.32. The topological polar surface area (TPSA) is 66.5 Å². The molecule has 0 aromatic heterocycles. The Labute approximate surface area is 207 Å². The molecule has 178 valence electrons. The first kappa shape index (κ1) is 24.2. The van der Waals surface area contributed by atoms with Crippen LogP contribution in [0.5, 0.6) is 0 Å². The number of sulfonamides is 1. The van der Waals surface area contributed by atoms with Crippen LogP contribution in [0.25, 0.3) is 0 Å². The highest BCUT2D eigenvalue weighted by molar-refractivity contribution is 7.92. The van der Waals surface area contributed by atoms with Gasteiger partial charge in [0.15, 0.2) is 0 Å². The first-order chi connectivity index (χ1) is 16.8. The minimum absolute atomic E-state index is 0.132. The van der Waals surface area contributed by atoms with Crippen LogP contribution >= 0.6 is 0 Å². The molecular formula is C29H28N2O3S. The molecule has 4 aromatic rings. The van der Waals surface area contributed by atoms with Crippen LogP contribution in [0.3, 0.4) is 0 Å². The summed E-state index contributed by atoms with van der Waals surface area (Å²) in [7, 11) is -3.96. The SMILES string of the molecule is Cc1ccc(C(NC(=O)CN(c2cccc(C)c2)S(=O)(=O)c2ccccc2)c2ccccc2)cc1. The van der Waals surface area contributed by atoms with E-state index in [-0.39, 0.29) is 11.4 Å². The first-order valence-electron chi connectivity index (χ1n) is 11.4. The van der Waals surface area contributed by atoms with E-state index in [1.165, 1.54) is 16.4 Å². The maximum atomic E-state index is 13.6. The predicted molar refractivity (Wildman–Crippen MR) is 140 cm³/mol. The number of hydrogen-bond acceptors (Lipinski definition) is 3. The Morgan fingerprint density at radius 1 is 0.743 bits per heavy atom. The number of hydrogen-bond donors (Lipinski definition) is 1. The van der Waals surface area contributed by atoms with Crippen molar-refractivity contribution in [3.05, 3.63) is 131 Å². The highest BCUT2D eigenvalue weighted by Crippen LogP contribution is 2.26. The lowest BCUT2D eigenvalue weighted by Gasteiger charge is -2.26. The average molecular weight is 485 g/mol. The van der Waals surface area contributed by atoms with Gasteiger partial charge in [-0.05, 0) is 54.8 Å². The van der Waals surface area contributed by atoms with E-state index in [4.69, 9.17) is 0 Å². The van der Waals surface area contributed by atoms with Crippen molar-refractivity contribution in [3.63, 3.8) is 0 Å². The highest BCUT2D eigenvalue weighted by Gasteiger charge is 2.28. The van der Waals surface area contributed by atoms with Crippen LogP contribution in [0.1, 0.15) is 28.3 Å². The molecule has 1 atom stereocenters. The molecule has 5 nitrogen and oxygen atoms in total. The van der Waals surface area contributed by atoms with Crippen LogP contribution in [-0.2, 0) is 14.8 Å². The van der Waals surface area contributed by atoms with Crippen molar-refractivity contribution in [1.82, 2.24) is 5.32 Å². The summed E-state index contributed by atoms with van der Waals surface area (Å²) in [6.45, 7) is 3.55. The smallest absolute Gasteiger partial charge is 0.264 e. The Bertz CT molecular complexity index is 1390. The van der Waals surface area contributed by atoms with Crippen molar-refractivity contribution in [1.29, 1.82) is 0 Å². The van der Waals surface area contributed by atoms with Crippen molar-refractivity contribution in [2.45, 2.75) is 24.8 Å². The molecule has 6 heteroatoms. The summed E-state index contributed by atoms with van der Waals surface area (Å²) in [5.74, 6) is -0.402. The molecule has 1 amide bonds. The Morgan fingerprint density at radius 3 is 1.97 bits per heavy atom. The number of anilines is 1. The molecule has 0 aliphatic heterocycles. The van der Waals surface area contributed by atoms with Crippen LogP contribution in [0, 0.1) is 13.8 Å². The van der Waals surface area contributed by atoms with Gasteiger partial charge in [0.25, 0.3) is 10.0 Å². The highest BCUT2D eigenvalue weighted by atomic mass is 32.2. The largest absolute Gasteiger partial charge is 0.344 e. The molecular weight excluding hydrogens is 456 g/mol. The summed E-state index contributed by atoms with van der Waals surface area (Å²) in [5.41, 5.74) is 4.29. The second-order valence-corrected chi connectivity index (χ2v) is 10.3. The second-order valence-electron chi connectivity index (χ2n) is 8.49. The van der Waals surface area contributed by atoms with E-state index in [9.17, 15) is 13.2 Å². The zero-order chi connectivity index (χ0) is 24.8. The molecule has 0 spiro atoms. The third kappa shape index (κ3) is 5.78. The lowest BCUT2D eigenvalue weighted by atomic mass is 9.98. The molecule has 0 saturated carbocycles. The van der Waals surface area contributed by atoms with Gasteiger partial charge in [-0.15, -0.1) is 0 Å². The first-order valence-corrected chi connectivity index (χ1v) is 12.8. The standard InChI is InChI=1S/C29H28N2O3S/c1-22-16-18-25(19-17-22)29(24-11-5-3-6-12-24)30-28(32)21-31(26-13-9-10-23(2)20-26)35(33,34)27-14-7-4-8-15-27/h3-20,29H,21H2,1-2H3,(H,30,32). The molecule has 0 saturated heterocycles. The third-order valence-electron chi connectivity index (χ3n) is 5.76. The summed E-state index contributed by atoms with van der Waals surface area (Å²) in [5, 5.41) is 3.06. The van der Waals surface area contributed by atoms with Gasteiger partial charge in [0, 0.05) is 0 Å². The van der Waals surface area contributed by atoms with E-state index in [2.05, 4.69) is 5.32 Å². The molecule has 0 heterocycles. The number of aryl methyl sites for hydroxylation is 2. The van der Waals surface area contributed by atoms with E-state index in [1.807, 2.05) is 74.5 Å². The Hall–Kier alpha value is -3.90. The minimum Gasteiger partial charge on any atom is -0.344 e. The average Bonchev–Trinajstić information content (AvgIpc) is 2.87. The lowest BCUT2D eigenvalue weighted by molar-refractivity contribution is -0.120. The molecule has 35 heavy (non-hydrogen) atoms. The van der Waals surface area contributed by atoms with Crippen molar-refractivity contribution in [2.24, 2.45) is 0 Å². The van der Waals surface area contributed by atoms with Gasteiger partial charge in [-0.2, -0.15) is 0 Å². The Balaban J connectivity index is 1.68. The normalized spacial score (nSPS) is 12.1. The van der Waals surface area contributed by atoms with Crippen LogP contribution < -0.4 is 9.62 Å². The van der Waals surface area contributed by atoms with Crippen molar-refractivity contribution >= 4 is 21.6 Å². The quantitative estimate of drug-likeness (QED) is 0.364. The molecule has 0 radical (unpaired) electrons. The third-order valence-corrected chi connectivity index (χ3v) is 7.55. The number of carbonyl (C=O) groups is 1. The molecule has 1 unspecified atom stereocenters.